The summed E-state index contributed by atoms with van der Waals surface area (Å²) in [6, 6.07) is 8.58. The van der Waals surface area contributed by atoms with Crippen LogP contribution in [0.15, 0.2) is 24.3 Å². The molecule has 194 valence electrons. The van der Waals surface area contributed by atoms with Crippen molar-refractivity contribution in [3.8, 4) is 5.75 Å². The number of ether oxygens (including phenoxy) is 1. The van der Waals surface area contributed by atoms with E-state index in [0.29, 0.717) is 6.04 Å². The van der Waals surface area contributed by atoms with E-state index in [9.17, 15) is 4.79 Å². The number of nitrogens with zero attached hydrogens (tertiary/aromatic N) is 1. The normalized spacial score (nSPS) is 23.1. The first-order valence-corrected chi connectivity index (χ1v) is 14.9. The van der Waals surface area contributed by atoms with Crippen molar-refractivity contribution in [2.75, 3.05) is 31.8 Å². The number of thioether (sulfide) groups is 1. The fourth-order valence-electron chi connectivity index (χ4n) is 5.51. The Morgan fingerprint density at radius 2 is 1.91 bits per heavy atom. The van der Waals surface area contributed by atoms with Crippen molar-refractivity contribution >= 4 is 34.9 Å². The van der Waals surface area contributed by atoms with E-state index in [1.807, 2.05) is 12.1 Å². The largest absolute Gasteiger partial charge is 0.497 e. The van der Waals surface area contributed by atoms with Crippen molar-refractivity contribution < 1.29 is 9.53 Å². The smallest absolute Gasteiger partial charge is 0.238 e. The van der Waals surface area contributed by atoms with Gasteiger partial charge in [0.25, 0.3) is 0 Å². The van der Waals surface area contributed by atoms with Gasteiger partial charge >= 0.3 is 0 Å². The Labute approximate surface area is 220 Å². The first-order valence-electron chi connectivity index (χ1n) is 13.4. The number of carbonyl (C=O) groups excluding carboxylic acids is 1. The standard InChI is InChI=1S/C27H42N4O2S2/c1-33-23-10-7-21(8-11-23)17-31-15-13-22(14-16-31)29-27(34)24(12-9-20-5-3-2-4-6-20)30-26(32)25-18-35-19-28-25/h7-8,10-11,20,22,24-25,28H,2-6,9,12-19H2,1H3,(H,29,34)(H,30,32)/t24-,25+/m1/s1. The summed E-state index contributed by atoms with van der Waals surface area (Å²) in [6.07, 6.45) is 11.0. The van der Waals surface area contributed by atoms with Crippen molar-refractivity contribution in [2.24, 2.45) is 5.92 Å². The van der Waals surface area contributed by atoms with Crippen LogP contribution in [0.4, 0.5) is 0 Å². The van der Waals surface area contributed by atoms with Crippen molar-refractivity contribution in [1.29, 1.82) is 0 Å². The van der Waals surface area contributed by atoms with E-state index in [0.717, 1.165) is 73.6 Å². The number of hydrogen-bond acceptors (Lipinski definition) is 6. The molecule has 2 atom stereocenters. The number of benzene rings is 1. The lowest BCUT2D eigenvalue weighted by molar-refractivity contribution is -0.122. The van der Waals surface area contributed by atoms with Crippen LogP contribution in [0, 0.1) is 5.92 Å². The van der Waals surface area contributed by atoms with Crippen LogP contribution in [0.25, 0.3) is 0 Å². The topological polar surface area (TPSA) is 65.6 Å². The zero-order chi connectivity index (χ0) is 24.5. The third kappa shape index (κ3) is 8.34. The predicted octanol–water partition coefficient (Wildman–Crippen LogP) is 4.08. The van der Waals surface area contributed by atoms with E-state index in [2.05, 4.69) is 33.0 Å². The second-order valence-electron chi connectivity index (χ2n) is 10.3. The van der Waals surface area contributed by atoms with Crippen molar-refractivity contribution in [3.05, 3.63) is 29.8 Å². The maximum atomic E-state index is 12.9. The molecule has 1 saturated carbocycles. The average Bonchev–Trinajstić information content (AvgIpc) is 3.44. The molecule has 2 aliphatic heterocycles. The number of nitrogens with one attached hydrogen (secondary N) is 3. The second-order valence-corrected chi connectivity index (χ2v) is 11.8. The molecule has 1 aromatic rings. The zero-order valence-corrected chi connectivity index (χ0v) is 22.7. The molecule has 2 heterocycles. The Morgan fingerprint density at radius 1 is 1.17 bits per heavy atom. The highest BCUT2D eigenvalue weighted by molar-refractivity contribution is 7.99. The maximum Gasteiger partial charge on any atom is 0.238 e. The summed E-state index contributed by atoms with van der Waals surface area (Å²) in [5.41, 5.74) is 1.32. The molecular formula is C27H42N4O2S2. The number of piperidine rings is 1. The zero-order valence-electron chi connectivity index (χ0n) is 21.1. The number of methoxy groups -OCH3 is 1. The van der Waals surface area contributed by atoms with Gasteiger partial charge < -0.3 is 15.4 Å². The van der Waals surface area contributed by atoms with Crippen LogP contribution in [0.3, 0.4) is 0 Å². The Morgan fingerprint density at radius 3 is 2.57 bits per heavy atom. The van der Waals surface area contributed by atoms with Crippen LogP contribution in [0.5, 0.6) is 5.75 Å². The van der Waals surface area contributed by atoms with Crippen molar-refractivity contribution in [2.45, 2.75) is 82.5 Å². The first kappa shape index (κ1) is 26.7. The quantitative estimate of drug-likeness (QED) is 0.403. The highest BCUT2D eigenvalue weighted by Gasteiger charge is 2.28. The molecule has 35 heavy (non-hydrogen) atoms. The molecule has 3 fully saturated rings. The molecule has 0 aromatic heterocycles. The van der Waals surface area contributed by atoms with Crippen LogP contribution >= 0.6 is 24.0 Å². The SMILES string of the molecule is COc1ccc(CN2CCC(NC(=S)[C@@H](CCC3CCCCC3)NC(=O)[C@@H]3CSCN3)CC2)cc1. The van der Waals surface area contributed by atoms with Gasteiger partial charge in [-0.1, -0.05) is 56.5 Å². The number of thiocarbonyl (C=S) groups is 1. The molecule has 1 aliphatic carbocycles. The van der Waals surface area contributed by atoms with E-state index < -0.39 is 0 Å². The lowest BCUT2D eigenvalue weighted by Gasteiger charge is -2.34. The van der Waals surface area contributed by atoms with Gasteiger partial charge in [0.1, 0.15) is 5.75 Å². The highest BCUT2D eigenvalue weighted by Crippen LogP contribution is 2.28. The van der Waals surface area contributed by atoms with Crippen LogP contribution < -0.4 is 20.7 Å². The summed E-state index contributed by atoms with van der Waals surface area (Å²) in [6.45, 7) is 3.07. The minimum Gasteiger partial charge on any atom is -0.497 e. The van der Waals surface area contributed by atoms with Gasteiger partial charge in [0.2, 0.25) is 5.91 Å². The van der Waals surface area contributed by atoms with Gasteiger partial charge in [-0.05, 0) is 49.3 Å². The summed E-state index contributed by atoms with van der Waals surface area (Å²) >= 11 is 7.68. The Balaban J connectivity index is 1.25. The molecule has 0 spiro atoms. The van der Waals surface area contributed by atoms with Crippen molar-refractivity contribution in [3.63, 3.8) is 0 Å². The predicted molar refractivity (Wildman–Crippen MR) is 149 cm³/mol. The van der Waals surface area contributed by atoms with Gasteiger partial charge in [0, 0.05) is 37.3 Å². The summed E-state index contributed by atoms with van der Waals surface area (Å²) in [5.74, 6) is 3.48. The maximum absolute atomic E-state index is 12.9. The van der Waals surface area contributed by atoms with E-state index >= 15 is 0 Å². The molecular weight excluding hydrogens is 476 g/mol. The summed E-state index contributed by atoms with van der Waals surface area (Å²) < 4.78 is 5.27. The average molecular weight is 519 g/mol. The Hall–Kier alpha value is -1.35. The number of amides is 1. The first-order chi connectivity index (χ1) is 17.1. The third-order valence-corrected chi connectivity index (χ3v) is 9.10. The van der Waals surface area contributed by atoms with Gasteiger partial charge in [-0.25, -0.2) is 0 Å². The molecule has 0 radical (unpaired) electrons. The molecule has 6 nitrogen and oxygen atoms in total. The fourth-order valence-corrected chi connectivity index (χ4v) is 6.79. The minimum atomic E-state index is -0.0961. The van der Waals surface area contributed by atoms with E-state index in [1.165, 1.54) is 37.7 Å². The molecule has 3 N–H and O–H groups in total. The monoisotopic (exact) mass is 518 g/mol. The van der Waals surface area contributed by atoms with Gasteiger partial charge in [0.05, 0.1) is 24.2 Å². The molecule has 2 saturated heterocycles. The molecule has 0 unspecified atom stereocenters. The van der Waals surface area contributed by atoms with Crippen molar-refractivity contribution in [1.82, 2.24) is 20.9 Å². The number of rotatable bonds is 10. The highest BCUT2D eigenvalue weighted by atomic mass is 32.2. The van der Waals surface area contributed by atoms with E-state index in [4.69, 9.17) is 17.0 Å². The van der Waals surface area contributed by atoms with Gasteiger partial charge in [-0.3, -0.25) is 15.0 Å². The second kappa shape index (κ2) is 13.8. The van der Waals surface area contributed by atoms with Crippen LogP contribution in [-0.2, 0) is 11.3 Å². The van der Waals surface area contributed by atoms with Gasteiger partial charge in [-0.2, -0.15) is 0 Å². The fraction of sp³-hybridized carbons (Fsp3) is 0.704. The molecule has 8 heteroatoms. The minimum absolute atomic E-state index is 0.0656. The molecule has 4 rings (SSSR count). The molecule has 0 bridgehead atoms. The van der Waals surface area contributed by atoms with Gasteiger partial charge in [-0.15, -0.1) is 11.8 Å². The lowest BCUT2D eigenvalue weighted by Crippen LogP contribution is -2.54. The van der Waals surface area contributed by atoms with E-state index in [1.54, 1.807) is 18.9 Å². The summed E-state index contributed by atoms with van der Waals surface area (Å²) in [5, 5.41) is 10.2. The number of hydrogen-bond donors (Lipinski definition) is 3. The lowest BCUT2D eigenvalue weighted by atomic mass is 9.85. The van der Waals surface area contributed by atoms with E-state index in [-0.39, 0.29) is 18.0 Å². The Kier molecular flexibility index (Phi) is 10.5. The molecule has 1 aromatic carbocycles. The van der Waals surface area contributed by atoms with Crippen LogP contribution in [0.2, 0.25) is 0 Å². The van der Waals surface area contributed by atoms with Gasteiger partial charge in [0.15, 0.2) is 0 Å². The van der Waals surface area contributed by atoms with Crippen LogP contribution in [-0.4, -0.2) is 65.8 Å². The number of likely N-dealkylation sites (tertiary alicyclic amines) is 1. The summed E-state index contributed by atoms with van der Waals surface area (Å²) in [7, 11) is 1.70. The number of carbonyl (C=O) groups is 1. The Bertz CT molecular complexity index is 802. The van der Waals surface area contributed by atoms with Crippen LogP contribution in [0.1, 0.15) is 63.4 Å². The third-order valence-electron chi connectivity index (χ3n) is 7.75. The summed E-state index contributed by atoms with van der Waals surface area (Å²) in [4.78, 5) is 16.2. The molecule has 3 aliphatic rings. The molecule has 1 amide bonds.